The molecule has 1 aliphatic rings. The summed E-state index contributed by atoms with van der Waals surface area (Å²) in [5.41, 5.74) is 3.79. The molecular formula is C25H30N2O5. The zero-order chi connectivity index (χ0) is 23.5. The maximum Gasteiger partial charge on any atom is 0.407 e. The van der Waals surface area contributed by atoms with E-state index < -0.39 is 23.5 Å². The fourth-order valence-electron chi connectivity index (χ4n) is 4.05. The highest BCUT2D eigenvalue weighted by Gasteiger charge is 2.34. The van der Waals surface area contributed by atoms with E-state index in [1.807, 2.05) is 24.3 Å². The Morgan fingerprint density at radius 3 is 2.12 bits per heavy atom. The minimum absolute atomic E-state index is 0.0164. The molecule has 0 aliphatic heterocycles. The second-order valence-corrected chi connectivity index (χ2v) is 8.82. The molecule has 2 aromatic carbocycles. The Kier molecular flexibility index (Phi) is 6.87. The number of carboxylic acid groups (broad SMARTS) is 1. The second-order valence-electron chi connectivity index (χ2n) is 8.82. The third-order valence-corrected chi connectivity index (χ3v) is 6.20. The molecule has 170 valence electrons. The Hall–Kier alpha value is -3.35. The number of hydrogen-bond acceptors (Lipinski definition) is 4. The molecular weight excluding hydrogens is 408 g/mol. The number of aliphatic carboxylic acids is 1. The quantitative estimate of drug-likeness (QED) is 0.652. The van der Waals surface area contributed by atoms with Crippen LogP contribution in [0.2, 0.25) is 0 Å². The topological polar surface area (TPSA) is 95.9 Å². The highest BCUT2D eigenvalue weighted by Crippen LogP contribution is 2.44. The molecule has 0 heterocycles. The van der Waals surface area contributed by atoms with Gasteiger partial charge in [0.1, 0.15) is 12.6 Å². The van der Waals surface area contributed by atoms with Gasteiger partial charge in [0.15, 0.2) is 0 Å². The van der Waals surface area contributed by atoms with E-state index in [9.17, 15) is 14.4 Å². The van der Waals surface area contributed by atoms with Crippen molar-refractivity contribution in [2.24, 2.45) is 5.41 Å². The number of hydrogen-bond donors (Lipinski definition) is 2. The normalized spacial score (nSPS) is 13.6. The molecule has 2 aromatic rings. The number of nitrogens with one attached hydrogen (secondary N) is 1. The molecule has 0 unspecified atom stereocenters. The molecule has 1 aliphatic carbocycles. The second kappa shape index (κ2) is 9.42. The van der Waals surface area contributed by atoms with Crippen molar-refractivity contribution in [3.63, 3.8) is 0 Å². The smallest absolute Gasteiger partial charge is 0.407 e. The molecule has 0 saturated heterocycles. The van der Waals surface area contributed by atoms with Gasteiger partial charge >= 0.3 is 12.1 Å². The minimum atomic E-state index is -1.06. The minimum Gasteiger partial charge on any atom is -0.480 e. The van der Waals surface area contributed by atoms with Gasteiger partial charge in [-0.3, -0.25) is 4.79 Å². The monoisotopic (exact) mass is 438 g/mol. The van der Waals surface area contributed by atoms with Gasteiger partial charge in [0.2, 0.25) is 5.91 Å². The zero-order valence-corrected chi connectivity index (χ0v) is 18.9. The molecule has 0 bridgehead atoms. The molecule has 3 rings (SSSR count). The summed E-state index contributed by atoms with van der Waals surface area (Å²) in [6.45, 7) is 5.40. The number of ether oxygens (including phenoxy) is 1. The zero-order valence-electron chi connectivity index (χ0n) is 18.9. The molecule has 0 fully saturated rings. The molecule has 7 nitrogen and oxygen atoms in total. The van der Waals surface area contributed by atoms with Gasteiger partial charge in [-0.05, 0) is 35.6 Å². The third-order valence-electron chi connectivity index (χ3n) is 6.20. The number of alkyl carbamates (subject to hydrolysis) is 1. The van der Waals surface area contributed by atoms with Crippen LogP contribution in [0.4, 0.5) is 4.79 Å². The van der Waals surface area contributed by atoms with Gasteiger partial charge in [0, 0.05) is 24.9 Å². The van der Waals surface area contributed by atoms with Crippen molar-refractivity contribution in [2.45, 2.75) is 39.2 Å². The molecule has 0 spiro atoms. The largest absolute Gasteiger partial charge is 0.480 e. The maximum absolute atomic E-state index is 12.6. The van der Waals surface area contributed by atoms with Gasteiger partial charge < -0.3 is 20.1 Å². The van der Waals surface area contributed by atoms with Crippen LogP contribution in [0.3, 0.4) is 0 Å². The van der Waals surface area contributed by atoms with E-state index in [0.29, 0.717) is 6.42 Å². The number of carbonyl (C=O) groups is 3. The summed E-state index contributed by atoms with van der Waals surface area (Å²) in [6.07, 6.45) is -0.186. The SMILES string of the molecule is C[C@@H](C(=O)O)N(C)C(=O)C(C)(C)CCNC(=O)OCC1c2ccccc2-c2ccccc21. The molecule has 0 radical (unpaired) electrons. The fourth-order valence-corrected chi connectivity index (χ4v) is 4.05. The summed E-state index contributed by atoms with van der Waals surface area (Å²) in [6, 6.07) is 15.3. The average molecular weight is 439 g/mol. The van der Waals surface area contributed by atoms with Crippen molar-refractivity contribution in [1.82, 2.24) is 10.2 Å². The van der Waals surface area contributed by atoms with Crippen molar-refractivity contribution in [3.8, 4) is 11.1 Å². The lowest BCUT2D eigenvalue weighted by atomic mass is 9.87. The predicted molar refractivity (Wildman–Crippen MR) is 121 cm³/mol. The van der Waals surface area contributed by atoms with Crippen LogP contribution in [0.5, 0.6) is 0 Å². The van der Waals surface area contributed by atoms with Crippen molar-refractivity contribution in [2.75, 3.05) is 20.2 Å². The number of amides is 2. The van der Waals surface area contributed by atoms with Crippen LogP contribution in [0.25, 0.3) is 11.1 Å². The first-order valence-corrected chi connectivity index (χ1v) is 10.7. The molecule has 32 heavy (non-hydrogen) atoms. The molecule has 0 saturated carbocycles. The first-order chi connectivity index (χ1) is 15.1. The lowest BCUT2D eigenvalue weighted by Gasteiger charge is -2.31. The van der Waals surface area contributed by atoms with Gasteiger partial charge in [-0.1, -0.05) is 62.4 Å². The molecule has 0 aromatic heterocycles. The third kappa shape index (κ3) is 4.77. The van der Waals surface area contributed by atoms with Gasteiger partial charge in [-0.15, -0.1) is 0 Å². The number of carbonyl (C=O) groups excluding carboxylic acids is 2. The molecule has 1 atom stereocenters. The summed E-state index contributed by atoms with van der Waals surface area (Å²) in [5, 5.41) is 11.8. The Bertz CT molecular complexity index is 971. The van der Waals surface area contributed by atoms with Crippen molar-refractivity contribution >= 4 is 18.0 Å². The number of carboxylic acids is 1. The van der Waals surface area contributed by atoms with Crippen molar-refractivity contribution in [1.29, 1.82) is 0 Å². The Morgan fingerprint density at radius 2 is 1.59 bits per heavy atom. The first kappa shape index (κ1) is 23.3. The fraction of sp³-hybridized carbons (Fsp3) is 0.400. The summed E-state index contributed by atoms with van der Waals surface area (Å²) < 4.78 is 5.51. The van der Waals surface area contributed by atoms with Crippen molar-refractivity contribution in [3.05, 3.63) is 59.7 Å². The first-order valence-electron chi connectivity index (χ1n) is 10.7. The van der Waals surface area contributed by atoms with E-state index in [2.05, 4.69) is 29.6 Å². The summed E-state index contributed by atoms with van der Waals surface area (Å²) >= 11 is 0. The van der Waals surface area contributed by atoms with E-state index in [1.54, 1.807) is 13.8 Å². The van der Waals surface area contributed by atoms with Gasteiger partial charge in [0.05, 0.1) is 0 Å². The number of nitrogens with zero attached hydrogens (tertiary/aromatic N) is 1. The van der Waals surface area contributed by atoms with Crippen molar-refractivity contribution < 1.29 is 24.2 Å². The van der Waals surface area contributed by atoms with Crippen LogP contribution >= 0.6 is 0 Å². The van der Waals surface area contributed by atoms with Gasteiger partial charge in [-0.25, -0.2) is 9.59 Å². The van der Waals surface area contributed by atoms with Crippen LogP contribution in [0.15, 0.2) is 48.5 Å². The van der Waals surface area contributed by atoms with E-state index in [1.165, 1.54) is 18.9 Å². The van der Waals surface area contributed by atoms with Crippen LogP contribution in [0, 0.1) is 5.41 Å². The van der Waals surface area contributed by atoms with E-state index in [4.69, 9.17) is 9.84 Å². The average Bonchev–Trinajstić information content (AvgIpc) is 3.09. The van der Waals surface area contributed by atoms with Crippen LogP contribution in [-0.4, -0.2) is 54.2 Å². The summed E-state index contributed by atoms with van der Waals surface area (Å²) in [5.74, 6) is -1.37. The Balaban J connectivity index is 1.53. The van der Waals surface area contributed by atoms with Crippen LogP contribution in [-0.2, 0) is 14.3 Å². The molecule has 7 heteroatoms. The molecule has 2 amide bonds. The van der Waals surface area contributed by atoms with E-state index in [0.717, 1.165) is 22.3 Å². The molecule has 2 N–H and O–H groups in total. The summed E-state index contributed by atoms with van der Waals surface area (Å²) in [7, 11) is 1.47. The lowest BCUT2D eigenvalue weighted by Crippen LogP contribution is -2.47. The van der Waals surface area contributed by atoms with Crippen LogP contribution in [0.1, 0.15) is 44.2 Å². The van der Waals surface area contributed by atoms with Crippen LogP contribution < -0.4 is 5.32 Å². The standard InChI is InChI=1S/C25H30N2O5/c1-16(22(28)29)27(4)23(30)25(2,3)13-14-26-24(31)32-15-21-19-11-7-5-9-17(19)18-10-6-8-12-20(18)21/h5-12,16,21H,13-15H2,1-4H3,(H,26,31)(H,28,29)/t16-/m0/s1. The highest BCUT2D eigenvalue weighted by molar-refractivity contribution is 5.86. The summed E-state index contributed by atoms with van der Waals surface area (Å²) in [4.78, 5) is 37.3. The highest BCUT2D eigenvalue weighted by atomic mass is 16.5. The predicted octanol–water partition coefficient (Wildman–Crippen LogP) is 3.87. The Labute approximate surface area is 188 Å². The van der Waals surface area contributed by atoms with E-state index in [-0.39, 0.29) is 25.0 Å². The maximum atomic E-state index is 12.6. The van der Waals surface area contributed by atoms with Gasteiger partial charge in [-0.2, -0.15) is 0 Å². The number of benzene rings is 2. The van der Waals surface area contributed by atoms with Gasteiger partial charge in [0.25, 0.3) is 0 Å². The number of fused-ring (bicyclic) bond motifs is 3. The number of rotatable bonds is 8. The number of likely N-dealkylation sites (N-methyl/N-ethyl adjacent to an activating group) is 1. The Morgan fingerprint density at radius 1 is 1.06 bits per heavy atom. The van der Waals surface area contributed by atoms with E-state index >= 15 is 0 Å². The lowest BCUT2D eigenvalue weighted by molar-refractivity contribution is -0.152.